The lowest BCUT2D eigenvalue weighted by atomic mass is 9.95. The molecule has 0 aromatic heterocycles. The number of rotatable bonds is 10. The number of halogens is 1. The SMILES string of the molecule is CCNC(=NCCN(CCOC)C1CC1)N1CCCC(CC(N)=O)C1.I. The third-order valence-electron chi connectivity index (χ3n) is 4.94. The van der Waals surface area contributed by atoms with E-state index in [9.17, 15) is 4.79 Å². The van der Waals surface area contributed by atoms with Crippen molar-refractivity contribution in [3.8, 4) is 0 Å². The fourth-order valence-corrected chi connectivity index (χ4v) is 3.54. The highest BCUT2D eigenvalue weighted by atomic mass is 127. The van der Waals surface area contributed by atoms with E-state index >= 15 is 0 Å². The zero-order chi connectivity index (χ0) is 18.1. The van der Waals surface area contributed by atoms with Gasteiger partial charge in [0.1, 0.15) is 0 Å². The van der Waals surface area contributed by atoms with Crippen LogP contribution in [-0.4, -0.2) is 80.7 Å². The predicted octanol–water partition coefficient (Wildman–Crippen LogP) is 1.27. The highest BCUT2D eigenvalue weighted by Crippen LogP contribution is 2.26. The molecular weight excluding hydrogens is 445 g/mol. The van der Waals surface area contributed by atoms with Gasteiger partial charge in [-0.2, -0.15) is 0 Å². The van der Waals surface area contributed by atoms with Crippen LogP contribution in [0.25, 0.3) is 0 Å². The van der Waals surface area contributed by atoms with Crippen molar-refractivity contribution in [2.45, 2.75) is 45.1 Å². The summed E-state index contributed by atoms with van der Waals surface area (Å²) in [6.07, 6.45) is 5.24. The molecule has 1 aliphatic carbocycles. The summed E-state index contributed by atoms with van der Waals surface area (Å²) in [4.78, 5) is 20.8. The van der Waals surface area contributed by atoms with Gasteiger partial charge >= 0.3 is 0 Å². The zero-order valence-corrected chi connectivity index (χ0v) is 18.6. The van der Waals surface area contributed by atoms with Crippen LogP contribution in [0.15, 0.2) is 4.99 Å². The molecule has 152 valence electrons. The van der Waals surface area contributed by atoms with Crippen LogP contribution in [-0.2, 0) is 9.53 Å². The summed E-state index contributed by atoms with van der Waals surface area (Å²) in [7, 11) is 1.76. The predicted molar refractivity (Wildman–Crippen MR) is 116 cm³/mol. The van der Waals surface area contributed by atoms with Gasteiger partial charge in [-0.05, 0) is 38.5 Å². The first-order valence-corrected chi connectivity index (χ1v) is 9.68. The van der Waals surface area contributed by atoms with Crippen LogP contribution in [0.2, 0.25) is 0 Å². The van der Waals surface area contributed by atoms with Gasteiger partial charge in [-0.3, -0.25) is 14.7 Å². The zero-order valence-electron chi connectivity index (χ0n) is 16.3. The summed E-state index contributed by atoms with van der Waals surface area (Å²) in [5.74, 6) is 1.12. The van der Waals surface area contributed by atoms with Crippen LogP contribution in [0.4, 0.5) is 0 Å². The second kappa shape index (κ2) is 12.7. The van der Waals surface area contributed by atoms with Crippen LogP contribution in [0.1, 0.15) is 39.0 Å². The Kier molecular flexibility index (Phi) is 11.5. The summed E-state index contributed by atoms with van der Waals surface area (Å²) < 4.78 is 5.22. The number of hydrogen-bond acceptors (Lipinski definition) is 4. The maximum Gasteiger partial charge on any atom is 0.217 e. The molecule has 1 amide bonds. The Morgan fingerprint density at radius 2 is 2.12 bits per heavy atom. The number of piperidine rings is 1. The number of guanidine groups is 1. The van der Waals surface area contributed by atoms with Crippen molar-refractivity contribution in [1.82, 2.24) is 15.1 Å². The molecule has 1 atom stereocenters. The lowest BCUT2D eigenvalue weighted by Gasteiger charge is -2.34. The molecule has 2 aliphatic rings. The van der Waals surface area contributed by atoms with Gasteiger partial charge < -0.3 is 20.7 Å². The molecule has 0 radical (unpaired) electrons. The van der Waals surface area contributed by atoms with Crippen LogP contribution >= 0.6 is 24.0 Å². The minimum absolute atomic E-state index is 0. The minimum Gasteiger partial charge on any atom is -0.383 e. The molecule has 0 aromatic carbocycles. The number of carbonyl (C=O) groups is 1. The van der Waals surface area contributed by atoms with E-state index in [-0.39, 0.29) is 29.9 Å². The molecule has 2 fully saturated rings. The Hall–Kier alpha value is -0.610. The monoisotopic (exact) mass is 481 g/mol. The van der Waals surface area contributed by atoms with Crippen LogP contribution in [0, 0.1) is 5.92 Å². The lowest BCUT2D eigenvalue weighted by Crippen LogP contribution is -2.47. The quantitative estimate of drug-likeness (QED) is 0.279. The molecule has 8 heteroatoms. The van der Waals surface area contributed by atoms with Crippen molar-refractivity contribution in [1.29, 1.82) is 0 Å². The fourth-order valence-electron chi connectivity index (χ4n) is 3.54. The number of methoxy groups -OCH3 is 1. The van der Waals surface area contributed by atoms with Crippen molar-refractivity contribution in [2.75, 3.05) is 53.0 Å². The number of hydrogen-bond donors (Lipinski definition) is 2. The van der Waals surface area contributed by atoms with Crippen molar-refractivity contribution in [3.05, 3.63) is 0 Å². The Morgan fingerprint density at radius 3 is 2.73 bits per heavy atom. The first kappa shape index (κ1) is 23.4. The summed E-state index contributed by atoms with van der Waals surface area (Å²) in [6.45, 7) is 8.34. The first-order chi connectivity index (χ1) is 12.1. The highest BCUT2D eigenvalue weighted by Gasteiger charge is 2.28. The normalized spacial score (nSPS) is 20.8. The van der Waals surface area contributed by atoms with Gasteiger partial charge in [0, 0.05) is 52.3 Å². The smallest absolute Gasteiger partial charge is 0.217 e. The van der Waals surface area contributed by atoms with E-state index in [2.05, 4.69) is 22.0 Å². The number of nitrogens with one attached hydrogen (secondary N) is 1. The van der Waals surface area contributed by atoms with E-state index in [1.165, 1.54) is 12.8 Å². The number of nitrogens with zero attached hydrogens (tertiary/aromatic N) is 3. The third kappa shape index (κ3) is 8.39. The Morgan fingerprint density at radius 1 is 1.35 bits per heavy atom. The summed E-state index contributed by atoms with van der Waals surface area (Å²) in [5, 5.41) is 3.40. The Bertz CT molecular complexity index is 445. The average Bonchev–Trinajstić information content (AvgIpc) is 3.41. The summed E-state index contributed by atoms with van der Waals surface area (Å²) >= 11 is 0. The number of carbonyl (C=O) groups excluding carboxylic acids is 1. The number of aliphatic imine (C=N–C) groups is 1. The molecular formula is C18H36IN5O2. The van der Waals surface area contributed by atoms with Crippen LogP contribution in [0.3, 0.4) is 0 Å². The van der Waals surface area contributed by atoms with Crippen molar-refractivity contribution in [2.24, 2.45) is 16.6 Å². The number of amides is 1. The maximum atomic E-state index is 11.2. The minimum atomic E-state index is -0.202. The van der Waals surface area contributed by atoms with E-state index in [1.54, 1.807) is 7.11 Å². The number of nitrogens with two attached hydrogens (primary N) is 1. The van der Waals surface area contributed by atoms with Crippen LogP contribution < -0.4 is 11.1 Å². The molecule has 0 spiro atoms. The Labute approximate surface area is 175 Å². The van der Waals surface area contributed by atoms with Gasteiger partial charge in [0.25, 0.3) is 0 Å². The third-order valence-corrected chi connectivity index (χ3v) is 4.94. The van der Waals surface area contributed by atoms with Crippen LogP contribution in [0.5, 0.6) is 0 Å². The summed E-state index contributed by atoms with van der Waals surface area (Å²) in [6, 6.07) is 0.725. The van der Waals surface area contributed by atoms with Crippen molar-refractivity contribution in [3.63, 3.8) is 0 Å². The van der Waals surface area contributed by atoms with Gasteiger partial charge in [-0.15, -0.1) is 24.0 Å². The van der Waals surface area contributed by atoms with E-state index in [0.717, 1.165) is 70.7 Å². The number of primary amides is 1. The molecule has 1 heterocycles. The topological polar surface area (TPSA) is 83.2 Å². The molecule has 0 aromatic rings. The molecule has 1 aliphatic heterocycles. The average molecular weight is 481 g/mol. The molecule has 3 N–H and O–H groups in total. The second-order valence-electron chi connectivity index (χ2n) is 7.12. The number of ether oxygens (including phenoxy) is 1. The standard InChI is InChI=1S/C18H35N5O2.HI/c1-3-20-18(23-9-4-5-15(14-23)13-17(19)24)21-8-10-22(11-12-25-2)16-6-7-16;/h15-16H,3-14H2,1-2H3,(H2,19,24)(H,20,21);1H. The molecule has 0 bridgehead atoms. The lowest BCUT2D eigenvalue weighted by molar-refractivity contribution is -0.119. The van der Waals surface area contributed by atoms with Gasteiger partial charge in [0.05, 0.1) is 13.2 Å². The largest absolute Gasteiger partial charge is 0.383 e. The Balaban J connectivity index is 0.00000338. The van der Waals surface area contributed by atoms with E-state index < -0.39 is 0 Å². The van der Waals surface area contributed by atoms with E-state index in [0.29, 0.717) is 12.3 Å². The van der Waals surface area contributed by atoms with E-state index in [1.807, 2.05) is 0 Å². The molecule has 7 nitrogen and oxygen atoms in total. The fraction of sp³-hybridized carbons (Fsp3) is 0.889. The molecule has 1 saturated carbocycles. The highest BCUT2D eigenvalue weighted by molar-refractivity contribution is 14.0. The van der Waals surface area contributed by atoms with E-state index in [4.69, 9.17) is 15.5 Å². The van der Waals surface area contributed by atoms with Gasteiger partial charge in [-0.25, -0.2) is 0 Å². The van der Waals surface area contributed by atoms with Gasteiger partial charge in [-0.1, -0.05) is 0 Å². The number of likely N-dealkylation sites (tertiary alicyclic amines) is 1. The molecule has 1 unspecified atom stereocenters. The second-order valence-corrected chi connectivity index (χ2v) is 7.12. The van der Waals surface area contributed by atoms with Gasteiger partial charge in [0.2, 0.25) is 5.91 Å². The molecule has 1 saturated heterocycles. The molecule has 2 rings (SSSR count). The van der Waals surface area contributed by atoms with Gasteiger partial charge in [0.15, 0.2) is 5.96 Å². The maximum absolute atomic E-state index is 11.2. The first-order valence-electron chi connectivity index (χ1n) is 9.68. The molecule has 26 heavy (non-hydrogen) atoms. The van der Waals surface area contributed by atoms with Crippen molar-refractivity contribution >= 4 is 35.8 Å². The summed E-state index contributed by atoms with van der Waals surface area (Å²) in [5.41, 5.74) is 5.37. The van der Waals surface area contributed by atoms with Crippen molar-refractivity contribution < 1.29 is 9.53 Å².